The zero-order chi connectivity index (χ0) is 27.5. The lowest BCUT2D eigenvalue weighted by Crippen LogP contribution is -2.08. The van der Waals surface area contributed by atoms with Crippen LogP contribution in [0.1, 0.15) is 12.5 Å². The number of fused-ring (bicyclic) bond motifs is 1. The van der Waals surface area contributed by atoms with Gasteiger partial charge >= 0.3 is 0 Å². The van der Waals surface area contributed by atoms with Gasteiger partial charge in [0.25, 0.3) is 0 Å². The zero-order valence-electron chi connectivity index (χ0n) is 23.3. The quantitative estimate of drug-likeness (QED) is 0.208. The fraction of sp³-hybridized carbons (Fsp3) is 0.105. The Hall–Kier alpha value is -4.82. The van der Waals surface area contributed by atoms with Crippen LogP contribution in [0.15, 0.2) is 133 Å². The van der Waals surface area contributed by atoms with Gasteiger partial charge in [0.2, 0.25) is 0 Å². The second kappa shape index (κ2) is 11.1. The van der Waals surface area contributed by atoms with Crippen LogP contribution < -0.4 is 9.64 Å². The standard InChI is InChI=1S/C38H33NO/c1-4-40-34-23-17-29(18-24-34)28-13-19-32(20-14-28)39(3)33-21-15-31(16-22-33)36-26-25-35(30-11-9-27(2)10-12-30)37-7-5-6-8-38(36)37/h5-26H,4H2,1-3H3. The van der Waals surface area contributed by atoms with Crippen LogP contribution in [0.3, 0.4) is 0 Å². The summed E-state index contributed by atoms with van der Waals surface area (Å²) in [5.74, 6) is 0.904. The number of hydrogen-bond acceptors (Lipinski definition) is 2. The SMILES string of the molecule is CCOc1ccc(-c2ccc(N(C)c3ccc(-c4ccc(-c5ccc(C)cc5)c5ccccc45)cc3)cc2)cc1. The Labute approximate surface area is 237 Å². The van der Waals surface area contributed by atoms with Crippen molar-refractivity contribution in [2.75, 3.05) is 18.6 Å². The molecule has 0 saturated carbocycles. The minimum Gasteiger partial charge on any atom is -0.494 e. The maximum Gasteiger partial charge on any atom is 0.119 e. The van der Waals surface area contributed by atoms with E-state index in [4.69, 9.17) is 4.74 Å². The molecule has 0 saturated heterocycles. The van der Waals surface area contributed by atoms with Gasteiger partial charge in [0.1, 0.15) is 5.75 Å². The average Bonchev–Trinajstić information content (AvgIpc) is 3.01. The van der Waals surface area contributed by atoms with E-state index < -0.39 is 0 Å². The largest absolute Gasteiger partial charge is 0.494 e. The zero-order valence-corrected chi connectivity index (χ0v) is 23.3. The topological polar surface area (TPSA) is 12.5 Å². The van der Waals surface area contributed by atoms with E-state index in [1.165, 1.54) is 49.7 Å². The third kappa shape index (κ3) is 5.09. The first-order valence-corrected chi connectivity index (χ1v) is 13.9. The highest BCUT2D eigenvalue weighted by atomic mass is 16.5. The number of ether oxygens (including phenoxy) is 1. The molecule has 0 fully saturated rings. The molecule has 0 atom stereocenters. The molecule has 196 valence electrons. The van der Waals surface area contributed by atoms with E-state index in [1.54, 1.807) is 0 Å². The Morgan fingerprint density at radius 2 is 0.925 bits per heavy atom. The van der Waals surface area contributed by atoms with Gasteiger partial charge in [-0.25, -0.2) is 0 Å². The number of anilines is 2. The van der Waals surface area contributed by atoms with Crippen LogP contribution in [0.5, 0.6) is 5.75 Å². The molecule has 40 heavy (non-hydrogen) atoms. The molecule has 2 nitrogen and oxygen atoms in total. The van der Waals surface area contributed by atoms with Gasteiger partial charge in [-0.1, -0.05) is 103 Å². The Morgan fingerprint density at radius 1 is 0.500 bits per heavy atom. The predicted octanol–water partition coefficient (Wildman–Crippen LogP) is 10.3. The molecule has 6 aromatic rings. The van der Waals surface area contributed by atoms with Gasteiger partial charge in [0, 0.05) is 18.4 Å². The summed E-state index contributed by atoms with van der Waals surface area (Å²) in [6, 6.07) is 47.9. The summed E-state index contributed by atoms with van der Waals surface area (Å²) in [6.45, 7) is 4.81. The van der Waals surface area contributed by atoms with E-state index in [0.717, 1.165) is 17.1 Å². The summed E-state index contributed by atoms with van der Waals surface area (Å²) in [4.78, 5) is 2.23. The first kappa shape index (κ1) is 25.5. The molecule has 0 aliphatic carbocycles. The number of nitrogens with zero attached hydrogens (tertiary/aromatic N) is 1. The molecule has 6 rings (SSSR count). The van der Waals surface area contributed by atoms with Crippen molar-refractivity contribution < 1.29 is 4.74 Å². The van der Waals surface area contributed by atoms with Gasteiger partial charge in [-0.05, 0) is 94.4 Å². The van der Waals surface area contributed by atoms with Gasteiger partial charge < -0.3 is 9.64 Å². The van der Waals surface area contributed by atoms with E-state index in [9.17, 15) is 0 Å². The normalized spacial score (nSPS) is 11.0. The number of aryl methyl sites for hydroxylation is 1. The first-order chi connectivity index (χ1) is 19.6. The van der Waals surface area contributed by atoms with E-state index in [-0.39, 0.29) is 0 Å². The maximum atomic E-state index is 5.57. The highest BCUT2D eigenvalue weighted by Crippen LogP contribution is 2.37. The molecular formula is C38H33NO. The van der Waals surface area contributed by atoms with Crippen LogP contribution in [0.2, 0.25) is 0 Å². The van der Waals surface area contributed by atoms with Gasteiger partial charge in [-0.3, -0.25) is 0 Å². The summed E-state index contributed by atoms with van der Waals surface area (Å²) in [5, 5.41) is 2.55. The molecule has 2 heteroatoms. The molecule has 0 aliphatic rings. The molecule has 0 aliphatic heterocycles. The van der Waals surface area contributed by atoms with E-state index in [0.29, 0.717) is 6.61 Å². The molecule has 0 radical (unpaired) electrons. The van der Waals surface area contributed by atoms with Crippen LogP contribution in [-0.2, 0) is 0 Å². The van der Waals surface area contributed by atoms with Crippen molar-refractivity contribution >= 4 is 22.1 Å². The smallest absolute Gasteiger partial charge is 0.119 e. The lowest BCUT2D eigenvalue weighted by molar-refractivity contribution is 0.340. The highest BCUT2D eigenvalue weighted by Gasteiger charge is 2.11. The monoisotopic (exact) mass is 519 g/mol. The van der Waals surface area contributed by atoms with Crippen LogP contribution in [-0.4, -0.2) is 13.7 Å². The fourth-order valence-electron chi connectivity index (χ4n) is 5.34. The van der Waals surface area contributed by atoms with Crippen molar-refractivity contribution in [1.29, 1.82) is 0 Å². The summed E-state index contributed by atoms with van der Waals surface area (Å²) in [6.07, 6.45) is 0. The van der Waals surface area contributed by atoms with Gasteiger partial charge in [0.15, 0.2) is 0 Å². The molecule has 0 amide bonds. The molecule has 0 unspecified atom stereocenters. The van der Waals surface area contributed by atoms with Crippen LogP contribution >= 0.6 is 0 Å². The Kier molecular flexibility index (Phi) is 7.08. The fourth-order valence-corrected chi connectivity index (χ4v) is 5.34. The van der Waals surface area contributed by atoms with Crippen molar-refractivity contribution in [3.05, 3.63) is 139 Å². The van der Waals surface area contributed by atoms with E-state index in [1.807, 2.05) is 19.1 Å². The minimum atomic E-state index is 0.679. The molecular weight excluding hydrogens is 486 g/mol. The van der Waals surface area contributed by atoms with Crippen LogP contribution in [0, 0.1) is 6.92 Å². The number of hydrogen-bond donors (Lipinski definition) is 0. The molecule has 0 N–H and O–H groups in total. The predicted molar refractivity (Wildman–Crippen MR) is 171 cm³/mol. The lowest BCUT2D eigenvalue weighted by atomic mass is 9.92. The number of benzene rings is 6. The third-order valence-corrected chi connectivity index (χ3v) is 7.61. The van der Waals surface area contributed by atoms with Crippen molar-refractivity contribution in [1.82, 2.24) is 0 Å². The van der Waals surface area contributed by atoms with Crippen molar-refractivity contribution in [3.8, 4) is 39.1 Å². The second-order valence-electron chi connectivity index (χ2n) is 10.2. The highest BCUT2D eigenvalue weighted by molar-refractivity contribution is 6.05. The first-order valence-electron chi connectivity index (χ1n) is 13.9. The molecule has 0 spiro atoms. The van der Waals surface area contributed by atoms with Crippen molar-refractivity contribution in [3.63, 3.8) is 0 Å². The summed E-state index contributed by atoms with van der Waals surface area (Å²) < 4.78 is 5.57. The number of rotatable bonds is 7. The van der Waals surface area contributed by atoms with Gasteiger partial charge in [-0.15, -0.1) is 0 Å². The van der Waals surface area contributed by atoms with Gasteiger partial charge in [0.05, 0.1) is 6.61 Å². The summed E-state index contributed by atoms with van der Waals surface area (Å²) in [7, 11) is 2.12. The second-order valence-corrected chi connectivity index (χ2v) is 10.2. The van der Waals surface area contributed by atoms with Crippen LogP contribution in [0.4, 0.5) is 11.4 Å². The van der Waals surface area contributed by atoms with Crippen molar-refractivity contribution in [2.45, 2.75) is 13.8 Å². The Balaban J connectivity index is 1.25. The molecule has 0 aromatic heterocycles. The lowest BCUT2D eigenvalue weighted by Gasteiger charge is -2.20. The Morgan fingerprint density at radius 3 is 1.40 bits per heavy atom. The molecule has 0 bridgehead atoms. The van der Waals surface area contributed by atoms with Crippen molar-refractivity contribution in [2.24, 2.45) is 0 Å². The Bertz CT molecular complexity index is 1730. The third-order valence-electron chi connectivity index (χ3n) is 7.61. The molecule has 0 heterocycles. The van der Waals surface area contributed by atoms with Crippen LogP contribution in [0.25, 0.3) is 44.2 Å². The minimum absolute atomic E-state index is 0.679. The summed E-state index contributed by atoms with van der Waals surface area (Å²) >= 11 is 0. The molecule has 6 aromatic carbocycles. The van der Waals surface area contributed by atoms with E-state index in [2.05, 4.69) is 140 Å². The maximum absolute atomic E-state index is 5.57. The summed E-state index contributed by atoms with van der Waals surface area (Å²) in [5.41, 5.74) is 10.9. The average molecular weight is 520 g/mol. The van der Waals surface area contributed by atoms with Gasteiger partial charge in [-0.2, -0.15) is 0 Å². The van der Waals surface area contributed by atoms with E-state index >= 15 is 0 Å².